The van der Waals surface area contributed by atoms with E-state index in [0.717, 1.165) is 11.3 Å². The van der Waals surface area contributed by atoms with Crippen LogP contribution < -0.4 is 5.32 Å². The van der Waals surface area contributed by atoms with Crippen molar-refractivity contribution in [3.63, 3.8) is 0 Å². The molecular weight excluding hydrogens is 228 g/mol. The zero-order valence-electron chi connectivity index (χ0n) is 10.4. The molecule has 1 unspecified atom stereocenters. The summed E-state index contributed by atoms with van der Waals surface area (Å²) < 4.78 is 0. The molecule has 4 nitrogen and oxygen atoms in total. The summed E-state index contributed by atoms with van der Waals surface area (Å²) in [4.78, 5) is 4.10. The van der Waals surface area contributed by atoms with E-state index in [-0.39, 0.29) is 17.5 Å². The number of nitrogens with zero attached hydrogens (tertiary/aromatic N) is 1. The second-order valence-corrected chi connectivity index (χ2v) is 4.36. The maximum Gasteiger partial charge on any atom is 0.121 e. The number of anilines is 1. The predicted molar refractivity (Wildman–Crippen MR) is 70.8 cm³/mol. The van der Waals surface area contributed by atoms with Gasteiger partial charge in [0.25, 0.3) is 0 Å². The highest BCUT2D eigenvalue weighted by Crippen LogP contribution is 2.29. The predicted octanol–water partition coefficient (Wildman–Crippen LogP) is 2.97. The maximum atomic E-state index is 9.77. The summed E-state index contributed by atoms with van der Waals surface area (Å²) >= 11 is 0. The Labute approximate surface area is 106 Å². The summed E-state index contributed by atoms with van der Waals surface area (Å²) in [6.07, 6.45) is 3.50. The Balaban J connectivity index is 2.21. The lowest BCUT2D eigenvalue weighted by Gasteiger charge is -2.17. The Hall–Kier alpha value is -2.23. The molecule has 0 saturated heterocycles. The van der Waals surface area contributed by atoms with Crippen molar-refractivity contribution in [3.05, 3.63) is 47.8 Å². The summed E-state index contributed by atoms with van der Waals surface area (Å²) in [5, 5.41) is 22.5. The summed E-state index contributed by atoms with van der Waals surface area (Å²) in [6.45, 7) is 3.88. The molecule has 3 N–H and O–H groups in total. The van der Waals surface area contributed by atoms with E-state index in [2.05, 4.69) is 10.3 Å². The topological polar surface area (TPSA) is 65.4 Å². The van der Waals surface area contributed by atoms with Gasteiger partial charge in [-0.15, -0.1) is 0 Å². The second kappa shape index (κ2) is 4.96. The van der Waals surface area contributed by atoms with E-state index in [4.69, 9.17) is 0 Å². The Kier molecular flexibility index (Phi) is 3.37. The van der Waals surface area contributed by atoms with E-state index in [1.807, 2.05) is 19.9 Å². The lowest BCUT2D eigenvalue weighted by molar-refractivity contribution is 0.451. The van der Waals surface area contributed by atoms with Gasteiger partial charge in [0.05, 0.1) is 11.7 Å². The number of hydrogen-bond donors (Lipinski definition) is 3. The number of nitrogens with one attached hydrogen (secondary N) is 1. The number of hydrogen-bond acceptors (Lipinski definition) is 4. The van der Waals surface area contributed by atoms with Crippen LogP contribution in [0.3, 0.4) is 0 Å². The standard InChI is InChI=1S/C14H16N2O2/c1-9-5-11(8-15-7-9)16-10(2)13-6-12(17)3-4-14(13)18/h3-8,10,16-18H,1-2H3. The first-order chi connectivity index (χ1) is 8.56. The molecule has 0 aliphatic rings. The van der Waals surface area contributed by atoms with Crippen molar-refractivity contribution in [2.75, 3.05) is 5.32 Å². The van der Waals surface area contributed by atoms with Crippen molar-refractivity contribution in [1.29, 1.82) is 0 Å². The third-order valence-electron chi connectivity index (χ3n) is 2.74. The van der Waals surface area contributed by atoms with E-state index in [0.29, 0.717) is 5.56 Å². The smallest absolute Gasteiger partial charge is 0.121 e. The number of phenolic OH excluding ortho intramolecular Hbond substituents is 2. The normalized spacial score (nSPS) is 12.1. The highest BCUT2D eigenvalue weighted by molar-refractivity contribution is 5.48. The number of phenols is 2. The SMILES string of the molecule is Cc1cncc(NC(C)c2cc(O)ccc2O)c1. The number of rotatable bonds is 3. The van der Waals surface area contributed by atoms with Crippen LogP contribution in [-0.2, 0) is 0 Å². The molecule has 1 heterocycles. The number of aryl methyl sites for hydroxylation is 1. The first-order valence-corrected chi connectivity index (χ1v) is 5.76. The molecule has 18 heavy (non-hydrogen) atoms. The maximum absolute atomic E-state index is 9.77. The molecule has 0 radical (unpaired) electrons. The van der Waals surface area contributed by atoms with Gasteiger partial charge in [-0.25, -0.2) is 0 Å². The molecule has 0 spiro atoms. The Bertz CT molecular complexity index is 555. The van der Waals surface area contributed by atoms with Crippen molar-refractivity contribution >= 4 is 5.69 Å². The Morgan fingerprint density at radius 2 is 1.94 bits per heavy atom. The van der Waals surface area contributed by atoms with Crippen LogP contribution in [0.4, 0.5) is 5.69 Å². The lowest BCUT2D eigenvalue weighted by Crippen LogP contribution is -2.07. The minimum atomic E-state index is -0.124. The highest BCUT2D eigenvalue weighted by Gasteiger charge is 2.11. The second-order valence-electron chi connectivity index (χ2n) is 4.36. The molecule has 1 aromatic carbocycles. The Morgan fingerprint density at radius 3 is 2.67 bits per heavy atom. The molecular formula is C14H16N2O2. The van der Waals surface area contributed by atoms with Gasteiger partial charge in [-0.05, 0) is 43.7 Å². The van der Waals surface area contributed by atoms with Gasteiger partial charge in [0.2, 0.25) is 0 Å². The lowest BCUT2D eigenvalue weighted by atomic mass is 10.1. The van der Waals surface area contributed by atoms with Gasteiger partial charge in [0.1, 0.15) is 11.5 Å². The molecule has 0 aliphatic carbocycles. The largest absolute Gasteiger partial charge is 0.508 e. The average molecular weight is 244 g/mol. The molecule has 1 atom stereocenters. The van der Waals surface area contributed by atoms with Crippen LogP contribution >= 0.6 is 0 Å². The molecule has 0 saturated carbocycles. The fraction of sp³-hybridized carbons (Fsp3) is 0.214. The fourth-order valence-electron chi connectivity index (χ4n) is 1.85. The number of aromatic nitrogens is 1. The van der Waals surface area contributed by atoms with Gasteiger partial charge in [-0.1, -0.05) is 0 Å². The van der Waals surface area contributed by atoms with Crippen LogP contribution in [0.25, 0.3) is 0 Å². The molecule has 0 aliphatic heterocycles. The van der Waals surface area contributed by atoms with Gasteiger partial charge >= 0.3 is 0 Å². The van der Waals surface area contributed by atoms with E-state index >= 15 is 0 Å². The number of pyridine rings is 1. The zero-order valence-corrected chi connectivity index (χ0v) is 10.4. The quantitative estimate of drug-likeness (QED) is 0.726. The molecule has 0 bridgehead atoms. The summed E-state index contributed by atoms with van der Waals surface area (Å²) in [6, 6.07) is 6.34. The molecule has 2 rings (SSSR count). The summed E-state index contributed by atoms with van der Waals surface area (Å²) in [7, 11) is 0. The van der Waals surface area contributed by atoms with E-state index in [9.17, 15) is 10.2 Å². The van der Waals surface area contributed by atoms with Gasteiger partial charge in [-0.3, -0.25) is 4.98 Å². The minimum Gasteiger partial charge on any atom is -0.508 e. The third-order valence-corrected chi connectivity index (χ3v) is 2.74. The van der Waals surface area contributed by atoms with Crippen LogP contribution in [0.2, 0.25) is 0 Å². The van der Waals surface area contributed by atoms with Crippen LogP contribution in [0.1, 0.15) is 24.1 Å². The molecule has 4 heteroatoms. The highest BCUT2D eigenvalue weighted by atomic mass is 16.3. The average Bonchev–Trinajstić information content (AvgIpc) is 2.32. The van der Waals surface area contributed by atoms with Crippen LogP contribution in [0, 0.1) is 6.92 Å². The van der Waals surface area contributed by atoms with Crippen molar-refractivity contribution < 1.29 is 10.2 Å². The van der Waals surface area contributed by atoms with Crippen molar-refractivity contribution in [2.45, 2.75) is 19.9 Å². The van der Waals surface area contributed by atoms with Crippen LogP contribution in [-0.4, -0.2) is 15.2 Å². The molecule has 1 aromatic heterocycles. The van der Waals surface area contributed by atoms with Crippen LogP contribution in [0.15, 0.2) is 36.7 Å². The van der Waals surface area contributed by atoms with Crippen LogP contribution in [0.5, 0.6) is 11.5 Å². The first-order valence-electron chi connectivity index (χ1n) is 5.76. The van der Waals surface area contributed by atoms with E-state index in [1.54, 1.807) is 18.5 Å². The number of aromatic hydroxyl groups is 2. The van der Waals surface area contributed by atoms with Gasteiger partial charge in [0, 0.05) is 18.0 Å². The molecule has 94 valence electrons. The van der Waals surface area contributed by atoms with Gasteiger partial charge < -0.3 is 15.5 Å². The summed E-state index contributed by atoms with van der Waals surface area (Å²) in [5.41, 5.74) is 2.59. The summed E-state index contributed by atoms with van der Waals surface area (Å²) in [5.74, 6) is 0.298. The number of benzene rings is 1. The van der Waals surface area contributed by atoms with Gasteiger partial charge in [0.15, 0.2) is 0 Å². The van der Waals surface area contributed by atoms with Crippen molar-refractivity contribution in [2.24, 2.45) is 0 Å². The molecule has 0 fully saturated rings. The molecule has 0 amide bonds. The minimum absolute atomic E-state index is 0.124. The first kappa shape index (κ1) is 12.2. The Morgan fingerprint density at radius 1 is 1.17 bits per heavy atom. The van der Waals surface area contributed by atoms with Crippen molar-refractivity contribution in [1.82, 2.24) is 4.98 Å². The van der Waals surface area contributed by atoms with Gasteiger partial charge in [-0.2, -0.15) is 0 Å². The fourth-order valence-corrected chi connectivity index (χ4v) is 1.85. The monoisotopic (exact) mass is 244 g/mol. The van der Waals surface area contributed by atoms with E-state index in [1.165, 1.54) is 12.1 Å². The van der Waals surface area contributed by atoms with Crippen molar-refractivity contribution in [3.8, 4) is 11.5 Å². The zero-order chi connectivity index (χ0) is 13.1. The molecule has 2 aromatic rings. The van der Waals surface area contributed by atoms with E-state index < -0.39 is 0 Å². The third kappa shape index (κ3) is 2.71.